The fourth-order valence-corrected chi connectivity index (χ4v) is 6.45. The molecule has 0 saturated carbocycles. The number of amides is 4. The zero-order chi connectivity index (χ0) is 54.0. The number of likely N-dealkylation sites (N-methyl/N-ethyl adjacent to an activating group) is 4. The molecule has 0 fully saturated rings. The summed E-state index contributed by atoms with van der Waals surface area (Å²) in [6, 6.07) is -3.69. The van der Waals surface area contributed by atoms with Gasteiger partial charge in [-0.3, -0.25) is 9.59 Å². The first-order valence-electron chi connectivity index (χ1n) is 20.5. The Bertz CT molecular complexity index is 1720. The number of methoxy groups -OCH3 is 2. The van der Waals surface area contributed by atoms with Gasteiger partial charge < -0.3 is 71.2 Å². The average Bonchev–Trinajstić information content (AvgIpc) is 3.94. The van der Waals surface area contributed by atoms with Crippen LogP contribution in [0.1, 0.15) is 60.9 Å². The van der Waals surface area contributed by atoms with E-state index in [1.54, 1.807) is 74.8 Å². The Kier molecular flexibility index (Phi) is 49.7. The van der Waals surface area contributed by atoms with Gasteiger partial charge in [-0.15, -0.1) is 46.7 Å². The van der Waals surface area contributed by atoms with E-state index in [0.29, 0.717) is 44.6 Å². The molecule has 69 heavy (non-hydrogen) atoms. The molecule has 0 aliphatic heterocycles. The summed E-state index contributed by atoms with van der Waals surface area (Å²) in [5.74, 6) is -2.11. The summed E-state index contributed by atoms with van der Waals surface area (Å²) in [6.07, 6.45) is 0. The van der Waals surface area contributed by atoms with Gasteiger partial charge >= 0.3 is 35.9 Å². The Morgan fingerprint density at radius 1 is 0.580 bits per heavy atom. The molecular formula is C40H77I5N12O10S2. The van der Waals surface area contributed by atoms with Crippen molar-refractivity contribution >= 4 is 157 Å². The van der Waals surface area contributed by atoms with Gasteiger partial charge in [0.1, 0.15) is 24.2 Å². The molecule has 2 aromatic heterocycles. The molecule has 29 heteroatoms. The molecule has 0 radical (unpaired) electrons. The molecule has 2 aromatic rings. The quantitative estimate of drug-likeness (QED) is 0.0743. The standard InChI is InChI=1S/C15H26N4O3S.C14H24N4O3S.C6H14N2O2.C5H12N2O2.2I2.HI/c1-10(2)13-16-11(9-23-13)7-19(5)15(21)17-12(8-18(3)4)14(20)22-6;1-9(2)12-15-10(8-22-12)6-18(5)14(21)16-11(13(19)20)7-17(3)4;1-8(2)4-5(7)6(9)10-3;1-7(2)3-4(6)5(8)9;2*1-2;/h9-10,12H,7-8H2,1-6H3,(H,17,21);8-9,11H,6-7H2,1-5H3,(H,16,21)(H,19,20);5H,4,7H2,1-3H3;4H,3,6H2,1-2H3,(H,8,9);;;1H. The number of aromatic nitrogens is 2. The Hall–Kier alpha value is -0.910. The van der Waals surface area contributed by atoms with Gasteiger partial charge in [0, 0.05) is 137 Å². The third-order valence-corrected chi connectivity index (χ3v) is 10.4. The summed E-state index contributed by atoms with van der Waals surface area (Å²) in [4.78, 5) is 87.0. The van der Waals surface area contributed by atoms with E-state index in [-0.39, 0.29) is 42.5 Å². The van der Waals surface area contributed by atoms with E-state index in [9.17, 15) is 28.8 Å². The van der Waals surface area contributed by atoms with Crippen molar-refractivity contribution in [3.05, 3.63) is 32.2 Å². The number of carboxylic acids is 2. The van der Waals surface area contributed by atoms with Crippen LogP contribution in [0.3, 0.4) is 0 Å². The van der Waals surface area contributed by atoms with E-state index in [2.05, 4.69) is 127 Å². The van der Waals surface area contributed by atoms with Gasteiger partial charge in [-0.1, -0.05) is 27.7 Å². The minimum atomic E-state index is -1.05. The van der Waals surface area contributed by atoms with Crippen molar-refractivity contribution in [2.75, 3.05) is 111 Å². The first kappa shape index (κ1) is 77.0. The van der Waals surface area contributed by atoms with Gasteiger partial charge in [-0.05, 0) is 56.4 Å². The predicted octanol–water partition coefficient (Wildman–Crippen LogP) is 5.10. The number of nitrogens with one attached hydrogen (secondary N) is 2. The van der Waals surface area contributed by atoms with Crippen LogP contribution in [0.5, 0.6) is 0 Å². The molecular weight excluding hydrogens is 1510 g/mol. The van der Waals surface area contributed by atoms with Crippen molar-refractivity contribution in [2.24, 2.45) is 11.5 Å². The van der Waals surface area contributed by atoms with Gasteiger partial charge in [0.2, 0.25) is 0 Å². The van der Waals surface area contributed by atoms with Gasteiger partial charge in [0.15, 0.2) is 0 Å². The minimum Gasteiger partial charge on any atom is -0.480 e. The van der Waals surface area contributed by atoms with Crippen LogP contribution >= 0.6 is 121 Å². The zero-order valence-corrected chi connectivity index (χ0v) is 55.1. The summed E-state index contributed by atoms with van der Waals surface area (Å²) in [7, 11) is 20.4. The van der Waals surface area contributed by atoms with Crippen LogP contribution < -0.4 is 22.1 Å². The van der Waals surface area contributed by atoms with Crippen molar-refractivity contribution in [3.8, 4) is 0 Å². The highest BCUT2D eigenvalue weighted by Gasteiger charge is 2.25. The number of esters is 2. The third kappa shape index (κ3) is 39.3. The van der Waals surface area contributed by atoms with Crippen LogP contribution in [-0.4, -0.2) is 221 Å². The summed E-state index contributed by atoms with van der Waals surface area (Å²) < 4.78 is 9.15. The van der Waals surface area contributed by atoms with E-state index in [1.807, 2.05) is 48.8 Å². The zero-order valence-electron chi connectivity index (χ0n) is 42.5. The highest BCUT2D eigenvalue weighted by atomic mass is 128. The smallest absolute Gasteiger partial charge is 0.329 e. The van der Waals surface area contributed by atoms with Gasteiger partial charge in [-0.25, -0.2) is 29.1 Å². The molecule has 2 rings (SSSR count). The second-order valence-electron chi connectivity index (χ2n) is 16.4. The van der Waals surface area contributed by atoms with Crippen LogP contribution in [0.25, 0.3) is 0 Å². The molecule has 0 saturated heterocycles. The number of carboxylic acid groups (broad SMARTS) is 2. The van der Waals surface area contributed by atoms with E-state index < -0.39 is 48.1 Å². The monoisotopic (exact) mass is 1580 g/mol. The Balaban J connectivity index is -0.000000274. The third-order valence-electron chi connectivity index (χ3n) is 8.04. The summed E-state index contributed by atoms with van der Waals surface area (Å²) in [5, 5.41) is 28.6. The van der Waals surface area contributed by atoms with Crippen LogP contribution in [0.15, 0.2) is 10.8 Å². The number of halogens is 5. The van der Waals surface area contributed by atoms with Gasteiger partial charge in [-0.2, -0.15) is 0 Å². The minimum absolute atomic E-state index is 0. The lowest BCUT2D eigenvalue weighted by atomic mass is 10.2. The van der Waals surface area contributed by atoms with Crippen molar-refractivity contribution in [1.82, 2.24) is 50.0 Å². The largest absolute Gasteiger partial charge is 0.480 e. The number of hydrogen-bond acceptors (Lipinski definition) is 18. The molecule has 4 amide bonds. The Morgan fingerprint density at radius 3 is 1.16 bits per heavy atom. The van der Waals surface area contributed by atoms with Crippen LogP contribution in [0.2, 0.25) is 0 Å². The highest BCUT2D eigenvalue weighted by Crippen LogP contribution is 2.21. The summed E-state index contributed by atoms with van der Waals surface area (Å²) in [5.41, 5.74) is 12.2. The lowest BCUT2D eigenvalue weighted by molar-refractivity contribution is -0.143. The van der Waals surface area contributed by atoms with Crippen LogP contribution in [0, 0.1) is 0 Å². The number of urea groups is 2. The SMILES string of the molecule is CC(C)c1nc(CN(C)C(=O)NC(CN(C)C)C(=O)O)cs1.CN(C)CC(N)C(=O)O.COC(=O)C(CN(C)C)NC(=O)N(C)Cc1csc(C(C)C)n1.COC(=O)C(N)CN(C)C.I.II.II. The molecule has 404 valence electrons. The molecule has 0 aromatic carbocycles. The molecule has 0 bridgehead atoms. The number of nitrogens with two attached hydrogens (primary N) is 2. The second kappa shape index (κ2) is 44.6. The average molecular weight is 1580 g/mol. The topological polar surface area (TPSA) is 283 Å². The fourth-order valence-electron chi connectivity index (χ4n) is 4.80. The van der Waals surface area contributed by atoms with E-state index in [4.69, 9.17) is 26.4 Å². The van der Waals surface area contributed by atoms with E-state index in [1.165, 1.54) is 24.0 Å². The van der Waals surface area contributed by atoms with Crippen LogP contribution in [-0.2, 0) is 41.7 Å². The first-order valence-corrected chi connectivity index (χ1v) is 34.8. The number of nitrogens with zero attached hydrogens (tertiary/aromatic N) is 8. The molecule has 4 atom stereocenters. The van der Waals surface area contributed by atoms with Crippen molar-refractivity contribution in [1.29, 1.82) is 0 Å². The molecule has 0 aliphatic carbocycles. The molecule has 0 spiro atoms. The number of carbonyl (C=O) groups is 6. The lowest BCUT2D eigenvalue weighted by Crippen LogP contribution is -2.51. The molecule has 4 unspecified atom stereocenters. The Morgan fingerprint density at radius 2 is 0.899 bits per heavy atom. The normalized spacial score (nSPS) is 12.0. The van der Waals surface area contributed by atoms with Crippen molar-refractivity contribution in [2.45, 2.75) is 76.8 Å². The number of rotatable bonds is 20. The van der Waals surface area contributed by atoms with Crippen molar-refractivity contribution < 1.29 is 48.5 Å². The Labute approximate surface area is 481 Å². The number of aliphatic carboxylic acids is 2. The lowest BCUT2D eigenvalue weighted by Gasteiger charge is -2.23. The summed E-state index contributed by atoms with van der Waals surface area (Å²) in [6.45, 7) is 10.6. The molecule has 8 N–H and O–H groups in total. The van der Waals surface area contributed by atoms with Crippen molar-refractivity contribution in [3.63, 3.8) is 0 Å². The second-order valence-corrected chi connectivity index (χ2v) is 18.1. The number of carbonyl (C=O) groups excluding carboxylic acids is 4. The molecule has 22 nitrogen and oxygen atoms in total. The number of thiazole rings is 2. The maximum absolute atomic E-state index is 12.3. The first-order chi connectivity index (χ1) is 31.6. The van der Waals surface area contributed by atoms with E-state index in [0.717, 1.165) is 21.4 Å². The predicted molar refractivity (Wildman–Crippen MR) is 321 cm³/mol. The highest BCUT2D eigenvalue weighted by molar-refractivity contribution is 15.0. The molecule has 2 heterocycles. The maximum Gasteiger partial charge on any atom is 0.329 e. The molecule has 0 aliphatic rings. The number of hydrogen-bond donors (Lipinski definition) is 6. The summed E-state index contributed by atoms with van der Waals surface area (Å²) >= 11 is 11.6. The van der Waals surface area contributed by atoms with Gasteiger partial charge in [0.05, 0.1) is 48.7 Å². The number of ether oxygens (including phenoxy) is 2. The van der Waals surface area contributed by atoms with Crippen LogP contribution in [0.4, 0.5) is 9.59 Å². The fraction of sp³-hybridized carbons (Fsp3) is 0.700. The van der Waals surface area contributed by atoms with E-state index >= 15 is 0 Å². The van der Waals surface area contributed by atoms with Gasteiger partial charge in [0.25, 0.3) is 0 Å². The maximum atomic E-state index is 12.3.